The average molecular weight is 446 g/mol. The Morgan fingerprint density at radius 1 is 1.19 bits per heavy atom. The summed E-state index contributed by atoms with van der Waals surface area (Å²) in [5.74, 6) is 0.153. The second-order valence-electron chi connectivity index (χ2n) is 6.25. The van der Waals surface area contributed by atoms with Gasteiger partial charge in [0.2, 0.25) is 5.91 Å². The molecule has 2 aliphatic rings. The van der Waals surface area contributed by atoms with Crippen LogP contribution >= 0.6 is 48.8 Å². The molecule has 0 aromatic heterocycles. The Morgan fingerprint density at radius 2 is 1.92 bits per heavy atom. The fraction of sp³-hybridized carbons (Fsp3) is 0.588. The van der Waals surface area contributed by atoms with Crippen LogP contribution in [0.4, 0.5) is 5.69 Å². The van der Waals surface area contributed by atoms with E-state index in [-0.39, 0.29) is 49.2 Å². The van der Waals surface area contributed by atoms with Crippen molar-refractivity contribution in [3.05, 3.63) is 29.3 Å². The van der Waals surface area contributed by atoms with Gasteiger partial charge in [-0.2, -0.15) is 0 Å². The Kier molecular flexibility index (Phi) is 12.7. The zero-order chi connectivity index (χ0) is 16.1. The number of piperazine rings is 1. The molecule has 0 bridgehead atoms. The zero-order valence-corrected chi connectivity index (χ0v) is 17.9. The summed E-state index contributed by atoms with van der Waals surface area (Å²) >= 11 is 6.06. The molecule has 1 unspecified atom stereocenters. The van der Waals surface area contributed by atoms with Gasteiger partial charge in [0.15, 0.2) is 0 Å². The summed E-state index contributed by atoms with van der Waals surface area (Å²) in [4.78, 5) is 16.7. The number of carbonyl (C=O) groups is 1. The second-order valence-corrected chi connectivity index (χ2v) is 6.68. The van der Waals surface area contributed by atoms with Crippen molar-refractivity contribution in [1.29, 1.82) is 0 Å². The van der Waals surface area contributed by atoms with Gasteiger partial charge in [-0.3, -0.25) is 9.69 Å². The number of carbonyl (C=O) groups excluding carboxylic acids is 1. The van der Waals surface area contributed by atoms with E-state index in [0.29, 0.717) is 0 Å². The lowest BCUT2D eigenvalue weighted by molar-refractivity contribution is -0.122. The van der Waals surface area contributed by atoms with Crippen LogP contribution in [0.25, 0.3) is 0 Å². The highest BCUT2D eigenvalue weighted by Gasteiger charge is 2.22. The summed E-state index contributed by atoms with van der Waals surface area (Å²) in [6, 6.07) is 8.05. The molecule has 1 amide bonds. The lowest BCUT2D eigenvalue weighted by Crippen LogP contribution is -2.49. The van der Waals surface area contributed by atoms with Crippen molar-refractivity contribution in [3.8, 4) is 0 Å². The molecule has 0 saturated carbocycles. The van der Waals surface area contributed by atoms with Gasteiger partial charge in [-0.15, -0.1) is 37.2 Å². The third kappa shape index (κ3) is 7.29. The van der Waals surface area contributed by atoms with Crippen molar-refractivity contribution in [2.24, 2.45) is 0 Å². The summed E-state index contributed by atoms with van der Waals surface area (Å²) < 4.78 is 0. The maximum Gasteiger partial charge on any atom is 0.237 e. The van der Waals surface area contributed by atoms with Crippen molar-refractivity contribution in [2.75, 3.05) is 50.7 Å². The third-order valence-electron chi connectivity index (χ3n) is 4.65. The first-order valence-corrected chi connectivity index (χ1v) is 8.84. The van der Waals surface area contributed by atoms with E-state index >= 15 is 0 Å². The molecule has 2 aliphatic heterocycles. The Balaban J connectivity index is 0.00000208. The molecular formula is C17H28Cl4N4O. The quantitative estimate of drug-likeness (QED) is 0.731. The summed E-state index contributed by atoms with van der Waals surface area (Å²) in [5.41, 5.74) is 1.19. The van der Waals surface area contributed by atoms with Crippen LogP contribution in [-0.4, -0.2) is 62.7 Å². The van der Waals surface area contributed by atoms with Gasteiger partial charge in [0, 0.05) is 50.0 Å². The summed E-state index contributed by atoms with van der Waals surface area (Å²) in [7, 11) is 0. The van der Waals surface area contributed by atoms with Crippen LogP contribution in [0.3, 0.4) is 0 Å². The van der Waals surface area contributed by atoms with E-state index in [0.717, 1.165) is 63.7 Å². The van der Waals surface area contributed by atoms with Gasteiger partial charge < -0.3 is 15.5 Å². The first kappa shape index (κ1) is 25.6. The molecule has 0 radical (unpaired) electrons. The second kappa shape index (κ2) is 12.9. The van der Waals surface area contributed by atoms with Gasteiger partial charge in [-0.25, -0.2) is 0 Å². The Labute approximate surface area is 179 Å². The molecule has 2 N–H and O–H groups in total. The minimum atomic E-state index is 0. The molecule has 0 spiro atoms. The number of amides is 1. The maximum absolute atomic E-state index is 11.9. The Morgan fingerprint density at radius 3 is 2.54 bits per heavy atom. The van der Waals surface area contributed by atoms with Crippen molar-refractivity contribution in [1.82, 2.24) is 15.5 Å². The largest absolute Gasteiger partial charge is 0.369 e. The van der Waals surface area contributed by atoms with Crippen molar-refractivity contribution in [3.63, 3.8) is 0 Å². The monoisotopic (exact) mass is 444 g/mol. The predicted molar refractivity (Wildman–Crippen MR) is 116 cm³/mol. The molecule has 3 rings (SSSR count). The van der Waals surface area contributed by atoms with Crippen LogP contribution in [0.1, 0.15) is 12.8 Å². The highest BCUT2D eigenvalue weighted by atomic mass is 35.5. The molecule has 2 saturated heterocycles. The Bertz CT molecular complexity index is 535. The number of rotatable bonds is 5. The van der Waals surface area contributed by atoms with E-state index in [2.05, 4.69) is 26.5 Å². The van der Waals surface area contributed by atoms with Crippen LogP contribution in [0.15, 0.2) is 24.3 Å². The van der Waals surface area contributed by atoms with Gasteiger partial charge >= 0.3 is 0 Å². The lowest BCUT2D eigenvalue weighted by Gasteiger charge is -2.36. The normalized spacial score (nSPS) is 19.7. The number of nitrogens with one attached hydrogen (secondary N) is 2. The molecule has 1 aromatic carbocycles. The molecule has 5 nitrogen and oxygen atoms in total. The average Bonchev–Trinajstić information content (AvgIpc) is 3.10. The summed E-state index contributed by atoms with van der Waals surface area (Å²) in [5, 5.41) is 7.06. The van der Waals surface area contributed by atoms with Crippen LogP contribution in [0.5, 0.6) is 0 Å². The standard InChI is InChI=1S/C17H25ClN4O.3ClH/c18-14-3-1-4-15(13-14)22-11-9-21(10-12-22)8-7-20-17(23)16-5-2-6-19-16;;;/h1,3-4,13,16,19H,2,5-12H2,(H,20,23);3*1H. The van der Waals surface area contributed by atoms with Crippen LogP contribution in [0, 0.1) is 0 Å². The minimum absolute atomic E-state index is 0. The van der Waals surface area contributed by atoms with Gasteiger partial charge in [-0.05, 0) is 37.6 Å². The molecule has 26 heavy (non-hydrogen) atoms. The van der Waals surface area contributed by atoms with Gasteiger partial charge in [-0.1, -0.05) is 17.7 Å². The van der Waals surface area contributed by atoms with Crippen LogP contribution in [-0.2, 0) is 4.79 Å². The van der Waals surface area contributed by atoms with Gasteiger partial charge in [0.1, 0.15) is 0 Å². The number of halogens is 4. The van der Waals surface area contributed by atoms with E-state index < -0.39 is 0 Å². The van der Waals surface area contributed by atoms with E-state index in [1.165, 1.54) is 5.69 Å². The topological polar surface area (TPSA) is 47.6 Å². The van der Waals surface area contributed by atoms with E-state index in [9.17, 15) is 4.79 Å². The Hall–Kier alpha value is -0.430. The smallest absolute Gasteiger partial charge is 0.237 e. The molecule has 2 heterocycles. The van der Waals surface area contributed by atoms with E-state index in [1.807, 2.05) is 18.2 Å². The first-order valence-electron chi connectivity index (χ1n) is 8.46. The van der Waals surface area contributed by atoms with Gasteiger partial charge in [0.05, 0.1) is 6.04 Å². The van der Waals surface area contributed by atoms with Crippen molar-refractivity contribution in [2.45, 2.75) is 18.9 Å². The zero-order valence-electron chi connectivity index (χ0n) is 14.7. The fourth-order valence-corrected chi connectivity index (χ4v) is 3.46. The number of hydrogen-bond donors (Lipinski definition) is 2. The van der Waals surface area contributed by atoms with Crippen molar-refractivity contribution < 1.29 is 4.79 Å². The number of nitrogens with zero attached hydrogens (tertiary/aromatic N) is 2. The van der Waals surface area contributed by atoms with E-state index in [1.54, 1.807) is 0 Å². The number of anilines is 1. The SMILES string of the molecule is Cl.Cl.Cl.O=C(NCCN1CCN(c2cccc(Cl)c2)CC1)C1CCCN1. The van der Waals surface area contributed by atoms with Crippen molar-refractivity contribution >= 4 is 60.4 Å². The van der Waals surface area contributed by atoms with E-state index in [4.69, 9.17) is 11.6 Å². The molecule has 1 atom stereocenters. The fourth-order valence-electron chi connectivity index (χ4n) is 3.27. The van der Waals surface area contributed by atoms with Gasteiger partial charge in [0.25, 0.3) is 0 Å². The molecule has 1 aromatic rings. The minimum Gasteiger partial charge on any atom is -0.369 e. The highest BCUT2D eigenvalue weighted by Crippen LogP contribution is 2.20. The molecule has 150 valence electrons. The lowest BCUT2D eigenvalue weighted by atomic mass is 10.2. The number of benzene rings is 1. The van der Waals surface area contributed by atoms with Crippen LogP contribution in [0.2, 0.25) is 5.02 Å². The highest BCUT2D eigenvalue weighted by molar-refractivity contribution is 6.30. The predicted octanol–water partition coefficient (Wildman–Crippen LogP) is 2.60. The maximum atomic E-state index is 11.9. The number of hydrogen-bond acceptors (Lipinski definition) is 4. The molecule has 2 fully saturated rings. The molecule has 9 heteroatoms. The molecular weight excluding hydrogens is 418 g/mol. The molecule has 0 aliphatic carbocycles. The first-order chi connectivity index (χ1) is 11.2. The summed E-state index contributed by atoms with van der Waals surface area (Å²) in [6.07, 6.45) is 2.06. The summed E-state index contributed by atoms with van der Waals surface area (Å²) in [6.45, 7) is 6.64. The van der Waals surface area contributed by atoms with Crippen LogP contribution < -0.4 is 15.5 Å². The third-order valence-corrected chi connectivity index (χ3v) is 4.88.